The van der Waals surface area contributed by atoms with Crippen molar-refractivity contribution in [3.8, 4) is 17.8 Å². The first-order valence-electron chi connectivity index (χ1n) is 5.18. The molecule has 0 fully saturated rings. The Morgan fingerprint density at radius 2 is 2.11 bits per heavy atom. The summed E-state index contributed by atoms with van der Waals surface area (Å²) in [6.45, 7) is 0. The van der Waals surface area contributed by atoms with E-state index in [9.17, 15) is 0 Å². The number of rotatable bonds is 3. The van der Waals surface area contributed by atoms with Crippen LogP contribution in [0.3, 0.4) is 0 Å². The molecule has 92 valence electrons. The van der Waals surface area contributed by atoms with Crippen LogP contribution in [0.25, 0.3) is 5.69 Å². The molecular formula is C12H7ClN6. The molecule has 0 saturated carbocycles. The van der Waals surface area contributed by atoms with Gasteiger partial charge in [-0.3, -0.25) is 5.43 Å². The third kappa shape index (κ3) is 2.71. The van der Waals surface area contributed by atoms with E-state index in [-0.39, 0.29) is 5.71 Å². The first kappa shape index (κ1) is 12.6. The number of hydrogen-bond acceptors (Lipinski definition) is 5. The predicted octanol–water partition coefficient (Wildman–Crippen LogP) is 2.34. The smallest absolute Gasteiger partial charge is 0.237 e. The summed E-state index contributed by atoms with van der Waals surface area (Å²) in [6.07, 6.45) is 3.35. The zero-order chi connectivity index (χ0) is 13.7. The van der Waals surface area contributed by atoms with Crippen LogP contribution < -0.4 is 5.43 Å². The molecule has 19 heavy (non-hydrogen) atoms. The Labute approximate surface area is 114 Å². The molecule has 1 N–H and O–H groups in total. The van der Waals surface area contributed by atoms with Gasteiger partial charge in [0.2, 0.25) is 5.71 Å². The number of hydrazone groups is 1. The number of halogens is 1. The standard InChI is InChI=1S/C12H7ClN6/c13-10-3-1-4-11(18-17-9(7-14)8-15)12(10)19-6-2-5-16-19/h1-6,18H. The Balaban J connectivity index is 2.43. The van der Waals surface area contributed by atoms with E-state index < -0.39 is 0 Å². The number of nitrogens with zero attached hydrogens (tertiary/aromatic N) is 5. The second kappa shape index (κ2) is 5.67. The molecule has 6 nitrogen and oxygen atoms in total. The number of aromatic nitrogens is 2. The number of anilines is 1. The van der Waals surface area contributed by atoms with Crippen molar-refractivity contribution in [2.24, 2.45) is 5.10 Å². The maximum Gasteiger partial charge on any atom is 0.237 e. The monoisotopic (exact) mass is 270 g/mol. The van der Waals surface area contributed by atoms with Crippen LogP contribution in [-0.4, -0.2) is 15.5 Å². The van der Waals surface area contributed by atoms with Crippen molar-refractivity contribution in [1.82, 2.24) is 9.78 Å². The lowest BCUT2D eigenvalue weighted by atomic mass is 10.2. The lowest BCUT2D eigenvalue weighted by molar-refractivity contribution is 0.881. The van der Waals surface area contributed by atoms with Gasteiger partial charge in [0, 0.05) is 12.4 Å². The Hall–Kier alpha value is -2.83. The second-order valence-corrected chi connectivity index (χ2v) is 3.79. The van der Waals surface area contributed by atoms with E-state index in [4.69, 9.17) is 22.1 Å². The van der Waals surface area contributed by atoms with Crippen molar-refractivity contribution < 1.29 is 0 Å². The predicted molar refractivity (Wildman–Crippen MR) is 70.9 cm³/mol. The van der Waals surface area contributed by atoms with Crippen LogP contribution >= 0.6 is 11.6 Å². The molecule has 0 atom stereocenters. The van der Waals surface area contributed by atoms with Crippen molar-refractivity contribution >= 4 is 23.0 Å². The van der Waals surface area contributed by atoms with Crippen LogP contribution in [0.4, 0.5) is 5.69 Å². The lowest BCUT2D eigenvalue weighted by Crippen LogP contribution is -2.03. The highest BCUT2D eigenvalue weighted by molar-refractivity contribution is 6.33. The largest absolute Gasteiger partial charge is 0.274 e. The summed E-state index contributed by atoms with van der Waals surface area (Å²) >= 11 is 6.12. The van der Waals surface area contributed by atoms with Gasteiger partial charge in [0.05, 0.1) is 10.7 Å². The van der Waals surface area contributed by atoms with E-state index in [1.807, 2.05) is 0 Å². The molecule has 2 aromatic rings. The summed E-state index contributed by atoms with van der Waals surface area (Å²) < 4.78 is 1.57. The molecule has 0 bridgehead atoms. The summed E-state index contributed by atoms with van der Waals surface area (Å²) in [7, 11) is 0. The van der Waals surface area contributed by atoms with Gasteiger partial charge in [0.15, 0.2) is 0 Å². The summed E-state index contributed by atoms with van der Waals surface area (Å²) in [6, 6.07) is 10.2. The minimum absolute atomic E-state index is 0.272. The van der Waals surface area contributed by atoms with Crippen molar-refractivity contribution in [1.29, 1.82) is 10.5 Å². The molecule has 0 unspecified atom stereocenters. The van der Waals surface area contributed by atoms with Gasteiger partial charge in [-0.25, -0.2) is 4.68 Å². The molecule has 2 rings (SSSR count). The SMILES string of the molecule is N#CC(C#N)=NNc1cccc(Cl)c1-n1cccn1. The summed E-state index contributed by atoms with van der Waals surface area (Å²) in [5, 5.41) is 25.5. The van der Waals surface area contributed by atoms with Crippen LogP contribution in [0.5, 0.6) is 0 Å². The topological polar surface area (TPSA) is 89.8 Å². The number of nitrogens with one attached hydrogen (secondary N) is 1. The number of para-hydroxylation sites is 1. The Kier molecular flexibility index (Phi) is 3.77. The highest BCUT2D eigenvalue weighted by Gasteiger charge is 2.09. The molecule has 0 spiro atoms. The van der Waals surface area contributed by atoms with Crippen molar-refractivity contribution in [2.75, 3.05) is 5.43 Å². The molecule has 0 aliphatic carbocycles. The van der Waals surface area contributed by atoms with Gasteiger partial charge in [0.1, 0.15) is 17.8 Å². The van der Waals surface area contributed by atoms with E-state index in [2.05, 4.69) is 15.6 Å². The summed E-state index contributed by atoms with van der Waals surface area (Å²) in [5.74, 6) is 0. The molecule has 1 heterocycles. The average Bonchev–Trinajstić information content (AvgIpc) is 2.93. The van der Waals surface area contributed by atoms with E-state index in [0.717, 1.165) is 0 Å². The van der Waals surface area contributed by atoms with Crippen molar-refractivity contribution in [2.45, 2.75) is 0 Å². The van der Waals surface area contributed by atoms with Crippen LogP contribution in [0, 0.1) is 22.7 Å². The number of benzene rings is 1. The van der Waals surface area contributed by atoms with Crippen LogP contribution in [0.2, 0.25) is 5.02 Å². The van der Waals surface area contributed by atoms with Gasteiger partial charge in [-0.15, -0.1) is 0 Å². The first-order chi connectivity index (χ1) is 9.26. The van der Waals surface area contributed by atoms with Gasteiger partial charge >= 0.3 is 0 Å². The Morgan fingerprint density at radius 1 is 1.32 bits per heavy atom. The molecule has 1 aromatic carbocycles. The van der Waals surface area contributed by atoms with Crippen LogP contribution in [0.15, 0.2) is 41.8 Å². The molecular weight excluding hydrogens is 264 g/mol. The van der Waals surface area contributed by atoms with Gasteiger partial charge in [-0.1, -0.05) is 17.7 Å². The number of nitriles is 2. The van der Waals surface area contributed by atoms with E-state index >= 15 is 0 Å². The number of hydrogen-bond donors (Lipinski definition) is 1. The maximum absolute atomic E-state index is 8.63. The van der Waals surface area contributed by atoms with Crippen LogP contribution in [-0.2, 0) is 0 Å². The van der Waals surface area contributed by atoms with E-state index in [1.165, 1.54) is 0 Å². The minimum atomic E-state index is -0.272. The Morgan fingerprint density at radius 3 is 2.74 bits per heavy atom. The maximum atomic E-state index is 8.63. The normalized spacial score (nSPS) is 9.21. The van der Waals surface area contributed by atoms with Gasteiger partial charge in [-0.05, 0) is 18.2 Å². The fourth-order valence-corrected chi connectivity index (χ4v) is 1.69. The Bertz CT molecular complexity index is 674. The summed E-state index contributed by atoms with van der Waals surface area (Å²) in [4.78, 5) is 0. The zero-order valence-corrected chi connectivity index (χ0v) is 10.3. The molecule has 0 aliphatic rings. The third-order valence-electron chi connectivity index (χ3n) is 2.22. The molecule has 0 amide bonds. The zero-order valence-electron chi connectivity index (χ0n) is 9.58. The molecule has 7 heteroatoms. The minimum Gasteiger partial charge on any atom is -0.274 e. The fourth-order valence-electron chi connectivity index (χ4n) is 1.43. The van der Waals surface area contributed by atoms with E-state index in [1.54, 1.807) is 53.5 Å². The van der Waals surface area contributed by atoms with Gasteiger partial charge < -0.3 is 0 Å². The fraction of sp³-hybridized carbons (Fsp3) is 0. The molecule has 0 saturated heterocycles. The third-order valence-corrected chi connectivity index (χ3v) is 2.53. The second-order valence-electron chi connectivity index (χ2n) is 3.38. The van der Waals surface area contributed by atoms with Crippen molar-refractivity contribution in [3.63, 3.8) is 0 Å². The quantitative estimate of drug-likeness (QED) is 0.685. The molecule has 0 radical (unpaired) electrons. The van der Waals surface area contributed by atoms with Crippen molar-refractivity contribution in [3.05, 3.63) is 41.7 Å². The van der Waals surface area contributed by atoms with Gasteiger partial charge in [-0.2, -0.15) is 20.7 Å². The first-order valence-corrected chi connectivity index (χ1v) is 5.56. The lowest BCUT2D eigenvalue weighted by Gasteiger charge is -2.10. The molecule has 1 aromatic heterocycles. The van der Waals surface area contributed by atoms with Crippen LogP contribution in [0.1, 0.15) is 0 Å². The average molecular weight is 271 g/mol. The highest BCUT2D eigenvalue weighted by Crippen LogP contribution is 2.27. The summed E-state index contributed by atoms with van der Waals surface area (Å²) in [5.41, 5.74) is 3.50. The molecule has 0 aliphatic heterocycles. The van der Waals surface area contributed by atoms with E-state index in [0.29, 0.717) is 16.4 Å². The van der Waals surface area contributed by atoms with Gasteiger partial charge in [0.25, 0.3) is 0 Å². The highest BCUT2D eigenvalue weighted by atomic mass is 35.5.